The van der Waals surface area contributed by atoms with Crippen molar-refractivity contribution in [2.75, 3.05) is 6.54 Å². The Morgan fingerprint density at radius 1 is 1.30 bits per heavy atom. The van der Waals surface area contributed by atoms with Crippen LogP contribution in [0.1, 0.15) is 19.7 Å². The maximum absolute atomic E-state index is 6.33. The Hall–Kier alpha value is -2.48. The fourth-order valence-corrected chi connectivity index (χ4v) is 4.95. The van der Waals surface area contributed by atoms with Crippen LogP contribution in [0.2, 0.25) is 0 Å². The lowest BCUT2D eigenvalue weighted by molar-refractivity contribution is 0.665. The van der Waals surface area contributed by atoms with Crippen LogP contribution in [0.25, 0.3) is 22.2 Å². The Kier molecular flexibility index (Phi) is 5.07. The lowest BCUT2D eigenvalue weighted by atomic mass is 10.1. The van der Waals surface area contributed by atoms with Gasteiger partial charge in [-0.2, -0.15) is 0 Å². The fraction of sp³-hybridized carbons (Fsp3) is 0.190. The lowest BCUT2D eigenvalue weighted by Gasteiger charge is -2.14. The molecule has 0 radical (unpaired) electrons. The van der Waals surface area contributed by atoms with Crippen LogP contribution in [0, 0.1) is 5.92 Å². The summed E-state index contributed by atoms with van der Waals surface area (Å²) in [6.45, 7) is 4.97. The molecule has 0 bridgehead atoms. The number of hydrogen-bond donors (Lipinski definition) is 2. The normalized spacial score (nSPS) is 14.6. The number of amidine groups is 1. The van der Waals surface area contributed by atoms with Crippen LogP contribution in [-0.2, 0) is 0 Å². The zero-order chi connectivity index (χ0) is 18.8. The molecule has 2 aromatic heterocycles. The van der Waals surface area contributed by atoms with E-state index in [0.717, 1.165) is 22.6 Å². The van der Waals surface area contributed by atoms with E-state index >= 15 is 0 Å². The first-order chi connectivity index (χ1) is 13.1. The van der Waals surface area contributed by atoms with Crippen LogP contribution in [0.5, 0.6) is 0 Å². The molecule has 5 nitrogen and oxygen atoms in total. The highest BCUT2D eigenvalue weighted by molar-refractivity contribution is 14.2. The van der Waals surface area contributed by atoms with Gasteiger partial charge in [0.1, 0.15) is 0 Å². The van der Waals surface area contributed by atoms with Crippen molar-refractivity contribution in [1.82, 2.24) is 14.5 Å². The van der Waals surface area contributed by atoms with E-state index in [-0.39, 0.29) is 20.7 Å². The molecule has 0 saturated heterocycles. The number of rotatable bonds is 5. The van der Waals surface area contributed by atoms with Gasteiger partial charge in [0.2, 0.25) is 0 Å². The predicted molar refractivity (Wildman–Crippen MR) is 123 cm³/mol. The van der Waals surface area contributed by atoms with Gasteiger partial charge in [-0.15, -0.1) is 0 Å². The van der Waals surface area contributed by atoms with E-state index in [1.807, 2.05) is 12.4 Å². The highest BCUT2D eigenvalue weighted by Gasteiger charge is 2.18. The second kappa shape index (κ2) is 7.64. The molecular formula is C21H22IN5. The molecule has 3 aromatic rings. The third-order valence-corrected chi connectivity index (χ3v) is 6.53. The smallest absolute Gasteiger partial charge is 0.180 e. The van der Waals surface area contributed by atoms with Crippen LogP contribution < -0.4 is 5.73 Å². The third kappa shape index (κ3) is 3.66. The van der Waals surface area contributed by atoms with Crippen LogP contribution >= 0.6 is 20.7 Å². The first kappa shape index (κ1) is 17.9. The first-order valence-corrected chi connectivity index (χ1v) is 11.3. The quantitative estimate of drug-likeness (QED) is 0.329. The van der Waals surface area contributed by atoms with Gasteiger partial charge in [-0.3, -0.25) is 9.56 Å². The number of nitrogens with zero attached hydrogens (tertiary/aromatic N) is 3. The number of aliphatic imine (C=N–C) groups is 1. The summed E-state index contributed by atoms with van der Waals surface area (Å²) in [7, 11) is 0. The second-order valence-corrected chi connectivity index (χ2v) is 9.26. The molecule has 3 heterocycles. The van der Waals surface area contributed by atoms with Crippen LogP contribution in [0.3, 0.4) is 0 Å². The minimum Gasteiger partial charge on any atom is -0.381 e. The SMILES string of the molecule is CC(C)CN=C(N)c1ncc(-c2ccc3[nH]ccc3c2)n1C1=IC=CC=C1. The van der Waals surface area contributed by atoms with Gasteiger partial charge >= 0.3 is 0 Å². The van der Waals surface area contributed by atoms with E-state index < -0.39 is 0 Å². The Bertz CT molecular complexity index is 1090. The molecule has 4 rings (SSSR count). The van der Waals surface area contributed by atoms with Crippen molar-refractivity contribution in [3.63, 3.8) is 0 Å². The summed E-state index contributed by atoms with van der Waals surface area (Å²) in [4.78, 5) is 12.5. The molecule has 1 aliphatic heterocycles. The number of allylic oxidation sites excluding steroid dienone is 3. The average Bonchev–Trinajstić information content (AvgIpc) is 3.33. The Morgan fingerprint density at radius 3 is 2.96 bits per heavy atom. The average molecular weight is 471 g/mol. The highest BCUT2D eigenvalue weighted by atomic mass is 127. The topological polar surface area (TPSA) is 72.0 Å². The van der Waals surface area contributed by atoms with Crippen molar-refractivity contribution >= 4 is 41.1 Å². The van der Waals surface area contributed by atoms with E-state index in [4.69, 9.17) is 5.73 Å². The largest absolute Gasteiger partial charge is 0.381 e. The molecule has 0 spiro atoms. The van der Waals surface area contributed by atoms with Crippen molar-refractivity contribution in [1.29, 1.82) is 0 Å². The molecule has 0 fully saturated rings. The number of aromatic amines is 1. The minimum atomic E-state index is -0.248. The van der Waals surface area contributed by atoms with Gasteiger partial charge in [0, 0.05) is 29.2 Å². The number of aromatic nitrogens is 3. The van der Waals surface area contributed by atoms with Crippen molar-refractivity contribution in [3.8, 4) is 11.3 Å². The van der Waals surface area contributed by atoms with E-state index in [9.17, 15) is 0 Å². The van der Waals surface area contributed by atoms with Gasteiger partial charge in [0.05, 0.1) is 15.5 Å². The molecule has 138 valence electrons. The summed E-state index contributed by atoms with van der Waals surface area (Å²) >= 11 is -0.248. The number of hydrogen-bond acceptors (Lipinski definition) is 2. The summed E-state index contributed by atoms with van der Waals surface area (Å²) in [6.07, 6.45) is 10.2. The van der Waals surface area contributed by atoms with E-state index in [1.165, 1.54) is 9.02 Å². The Balaban J connectivity index is 1.86. The van der Waals surface area contributed by atoms with E-state index in [1.54, 1.807) is 0 Å². The molecule has 0 aliphatic carbocycles. The summed E-state index contributed by atoms with van der Waals surface area (Å²) in [5, 5.41) is 1.18. The van der Waals surface area contributed by atoms with Gasteiger partial charge in [-0.1, -0.05) is 52.8 Å². The molecule has 3 N–H and O–H groups in total. The Labute approximate surface area is 168 Å². The monoisotopic (exact) mass is 471 g/mol. The van der Waals surface area contributed by atoms with Crippen LogP contribution in [-0.4, -0.2) is 30.5 Å². The van der Waals surface area contributed by atoms with Crippen molar-refractivity contribution in [2.45, 2.75) is 13.8 Å². The molecule has 0 amide bonds. The maximum Gasteiger partial charge on any atom is 0.180 e. The minimum absolute atomic E-state index is 0.248. The van der Waals surface area contributed by atoms with E-state index in [2.05, 4.69) is 80.0 Å². The zero-order valence-electron chi connectivity index (χ0n) is 15.4. The van der Waals surface area contributed by atoms with Crippen LogP contribution in [0.4, 0.5) is 0 Å². The molecule has 0 unspecified atom stereocenters. The van der Waals surface area contributed by atoms with Gasteiger partial charge in [-0.05, 0) is 34.3 Å². The summed E-state index contributed by atoms with van der Waals surface area (Å²) in [6, 6.07) is 8.50. The summed E-state index contributed by atoms with van der Waals surface area (Å²) in [5.74, 6) is 1.69. The molecule has 0 saturated carbocycles. The van der Waals surface area contributed by atoms with Crippen molar-refractivity contribution in [3.05, 3.63) is 64.8 Å². The number of nitrogens with one attached hydrogen (secondary N) is 1. The van der Waals surface area contributed by atoms with Gasteiger partial charge in [0.15, 0.2) is 11.7 Å². The summed E-state index contributed by atoms with van der Waals surface area (Å²) < 4.78 is 5.68. The Morgan fingerprint density at radius 2 is 2.19 bits per heavy atom. The number of H-pyrrole nitrogens is 1. The van der Waals surface area contributed by atoms with Crippen molar-refractivity contribution in [2.24, 2.45) is 16.6 Å². The first-order valence-electron chi connectivity index (χ1n) is 8.93. The summed E-state index contributed by atoms with van der Waals surface area (Å²) in [5.41, 5.74) is 9.63. The molecule has 1 aliphatic rings. The lowest BCUT2D eigenvalue weighted by Crippen LogP contribution is -2.24. The maximum atomic E-state index is 6.33. The molecule has 0 atom stereocenters. The number of halogens is 1. The third-order valence-electron chi connectivity index (χ3n) is 4.27. The zero-order valence-corrected chi connectivity index (χ0v) is 17.5. The highest BCUT2D eigenvalue weighted by Crippen LogP contribution is 2.27. The molecule has 6 heteroatoms. The molecule has 1 aromatic carbocycles. The number of fused-ring (bicyclic) bond motifs is 1. The standard InChI is InChI=1S/C21H22IN5/c1-14(2)12-25-20(23)21-26-13-18(27(21)19-5-3-4-9-22-19)16-6-7-17-15(11-16)8-10-24-17/h3-11,13-14,24H,12H2,1-2H3,(H2,23,25). The molecular weight excluding hydrogens is 449 g/mol. The van der Waals surface area contributed by atoms with Gasteiger partial charge < -0.3 is 10.7 Å². The van der Waals surface area contributed by atoms with Gasteiger partial charge in [-0.25, -0.2) is 4.98 Å². The van der Waals surface area contributed by atoms with E-state index in [0.29, 0.717) is 18.3 Å². The van der Waals surface area contributed by atoms with Crippen LogP contribution in [0.15, 0.2) is 64.0 Å². The van der Waals surface area contributed by atoms with Crippen molar-refractivity contribution < 1.29 is 0 Å². The second-order valence-electron chi connectivity index (χ2n) is 6.81. The number of benzene rings is 1. The number of imidazole rings is 1. The predicted octanol–water partition coefficient (Wildman–Crippen LogP) is 4.42. The molecule has 27 heavy (non-hydrogen) atoms. The fourth-order valence-electron chi connectivity index (χ4n) is 2.95. The number of nitrogens with two attached hydrogens (primary N) is 1. The van der Waals surface area contributed by atoms with Gasteiger partial charge in [0.25, 0.3) is 0 Å².